The van der Waals surface area contributed by atoms with Gasteiger partial charge in [0.2, 0.25) is 0 Å². The first-order chi connectivity index (χ1) is 10.0. The smallest absolute Gasteiger partial charge is 0.276 e. The molecule has 1 unspecified atom stereocenters. The molecule has 0 radical (unpaired) electrons. The number of hydrogen-bond donors (Lipinski definition) is 1. The molecule has 0 saturated carbocycles. The van der Waals surface area contributed by atoms with E-state index in [1.165, 1.54) is 6.07 Å². The van der Waals surface area contributed by atoms with Crippen molar-refractivity contribution in [2.45, 2.75) is 20.0 Å². The summed E-state index contributed by atoms with van der Waals surface area (Å²) in [7, 11) is 0. The summed E-state index contributed by atoms with van der Waals surface area (Å²) >= 11 is 0. The number of rotatable bonds is 4. The van der Waals surface area contributed by atoms with Crippen LogP contribution in [0, 0.1) is 17.0 Å². The van der Waals surface area contributed by atoms with E-state index in [9.17, 15) is 14.9 Å². The van der Waals surface area contributed by atoms with Crippen LogP contribution in [0.15, 0.2) is 18.2 Å². The van der Waals surface area contributed by atoms with Crippen LogP contribution in [0.2, 0.25) is 0 Å². The monoisotopic (exact) mass is 293 g/mol. The Morgan fingerprint density at radius 3 is 2.71 bits per heavy atom. The molecule has 1 aromatic carbocycles. The zero-order chi connectivity index (χ0) is 15.4. The quantitative estimate of drug-likeness (QED) is 0.664. The number of ether oxygens (including phenoxy) is 1. The molecule has 7 heteroatoms. The van der Waals surface area contributed by atoms with Crippen molar-refractivity contribution >= 4 is 11.6 Å². The molecule has 1 aromatic rings. The Bertz CT molecular complexity index is 541. The van der Waals surface area contributed by atoms with Gasteiger partial charge in [-0.05, 0) is 19.9 Å². The number of nitrogens with one attached hydrogen (secondary N) is 1. The molecule has 1 amide bonds. The number of benzene rings is 1. The third-order valence-corrected chi connectivity index (χ3v) is 3.53. The van der Waals surface area contributed by atoms with E-state index in [2.05, 4.69) is 5.32 Å². The van der Waals surface area contributed by atoms with Crippen molar-refractivity contribution in [3.8, 4) is 5.75 Å². The molecule has 0 bridgehead atoms. The SMILES string of the molecule is Cc1c(OC(C)C(=O)N2CCNCC2)cccc1[N+](=O)[O-]. The van der Waals surface area contributed by atoms with Gasteiger partial charge in [-0.15, -0.1) is 0 Å². The summed E-state index contributed by atoms with van der Waals surface area (Å²) in [6.07, 6.45) is -0.663. The second kappa shape index (κ2) is 6.53. The number of carbonyl (C=O) groups is 1. The van der Waals surface area contributed by atoms with E-state index in [0.29, 0.717) is 24.4 Å². The molecule has 1 aliphatic rings. The minimum absolute atomic E-state index is 0.00526. The zero-order valence-corrected chi connectivity index (χ0v) is 12.2. The third kappa shape index (κ3) is 3.49. The van der Waals surface area contributed by atoms with Gasteiger partial charge in [-0.3, -0.25) is 14.9 Å². The molecule has 1 heterocycles. The van der Waals surface area contributed by atoms with Gasteiger partial charge in [-0.25, -0.2) is 0 Å². The van der Waals surface area contributed by atoms with Gasteiger partial charge in [-0.2, -0.15) is 0 Å². The summed E-state index contributed by atoms with van der Waals surface area (Å²) in [6.45, 7) is 6.14. The minimum Gasteiger partial charge on any atom is -0.480 e. The van der Waals surface area contributed by atoms with Crippen LogP contribution in [0.1, 0.15) is 12.5 Å². The molecule has 0 aliphatic carbocycles. The Morgan fingerprint density at radius 1 is 1.43 bits per heavy atom. The van der Waals surface area contributed by atoms with Crippen LogP contribution in [0.4, 0.5) is 5.69 Å². The van der Waals surface area contributed by atoms with Gasteiger partial charge < -0.3 is 15.0 Å². The fourth-order valence-corrected chi connectivity index (χ4v) is 2.31. The number of nitrogens with zero attached hydrogens (tertiary/aromatic N) is 2. The van der Waals surface area contributed by atoms with Crippen LogP contribution in [0.25, 0.3) is 0 Å². The van der Waals surface area contributed by atoms with Gasteiger partial charge in [0, 0.05) is 32.2 Å². The molecule has 1 atom stereocenters. The molecule has 7 nitrogen and oxygen atoms in total. The van der Waals surface area contributed by atoms with Crippen LogP contribution >= 0.6 is 0 Å². The van der Waals surface area contributed by atoms with Gasteiger partial charge >= 0.3 is 0 Å². The molecular weight excluding hydrogens is 274 g/mol. The van der Waals surface area contributed by atoms with Crippen molar-refractivity contribution in [3.05, 3.63) is 33.9 Å². The number of nitro groups is 1. The van der Waals surface area contributed by atoms with E-state index >= 15 is 0 Å². The van der Waals surface area contributed by atoms with Crippen LogP contribution in [0.5, 0.6) is 5.75 Å². The first-order valence-electron chi connectivity index (χ1n) is 6.91. The second-order valence-electron chi connectivity index (χ2n) is 4.99. The van der Waals surface area contributed by atoms with Crippen molar-refractivity contribution in [2.24, 2.45) is 0 Å². The highest BCUT2D eigenvalue weighted by Crippen LogP contribution is 2.27. The normalized spacial score (nSPS) is 16.4. The Balaban J connectivity index is 2.08. The maximum absolute atomic E-state index is 12.3. The first-order valence-corrected chi connectivity index (χ1v) is 6.91. The van der Waals surface area contributed by atoms with Gasteiger partial charge in [0.25, 0.3) is 11.6 Å². The highest BCUT2D eigenvalue weighted by atomic mass is 16.6. The fourth-order valence-electron chi connectivity index (χ4n) is 2.31. The summed E-state index contributed by atoms with van der Waals surface area (Å²) < 4.78 is 5.63. The van der Waals surface area contributed by atoms with E-state index in [1.54, 1.807) is 30.9 Å². The molecule has 2 rings (SSSR count). The van der Waals surface area contributed by atoms with Gasteiger partial charge in [0.1, 0.15) is 5.75 Å². The minimum atomic E-state index is -0.663. The summed E-state index contributed by atoms with van der Waals surface area (Å²) in [5.74, 6) is 0.280. The molecule has 1 fully saturated rings. The first kappa shape index (κ1) is 15.2. The predicted octanol–water partition coefficient (Wildman–Crippen LogP) is 1.10. The number of nitro benzene ring substituents is 1. The Hall–Kier alpha value is -2.15. The molecule has 0 aromatic heterocycles. The maximum atomic E-state index is 12.3. The lowest BCUT2D eigenvalue weighted by molar-refractivity contribution is -0.385. The largest absolute Gasteiger partial charge is 0.480 e. The average molecular weight is 293 g/mol. The third-order valence-electron chi connectivity index (χ3n) is 3.53. The van der Waals surface area contributed by atoms with Crippen molar-refractivity contribution in [3.63, 3.8) is 0 Å². The van der Waals surface area contributed by atoms with Crippen LogP contribution in [-0.4, -0.2) is 48.0 Å². The lowest BCUT2D eigenvalue weighted by atomic mass is 10.2. The van der Waals surface area contributed by atoms with Crippen molar-refractivity contribution in [2.75, 3.05) is 26.2 Å². The number of amides is 1. The highest BCUT2D eigenvalue weighted by Gasteiger charge is 2.24. The fraction of sp³-hybridized carbons (Fsp3) is 0.500. The molecule has 21 heavy (non-hydrogen) atoms. The Morgan fingerprint density at radius 2 is 2.10 bits per heavy atom. The summed E-state index contributed by atoms with van der Waals surface area (Å²) in [6, 6.07) is 4.62. The lowest BCUT2D eigenvalue weighted by Crippen LogP contribution is -2.50. The average Bonchev–Trinajstić information content (AvgIpc) is 2.49. The van der Waals surface area contributed by atoms with Crippen molar-refractivity contribution in [1.82, 2.24) is 10.2 Å². The molecular formula is C14H19N3O4. The van der Waals surface area contributed by atoms with E-state index in [0.717, 1.165) is 13.1 Å². The summed E-state index contributed by atoms with van der Waals surface area (Å²) in [4.78, 5) is 24.5. The standard InChI is InChI=1S/C14H19N3O4/c1-10-12(17(19)20)4-3-5-13(10)21-11(2)14(18)16-8-6-15-7-9-16/h3-5,11,15H,6-9H2,1-2H3. The van der Waals surface area contributed by atoms with Crippen LogP contribution < -0.4 is 10.1 Å². The topological polar surface area (TPSA) is 84.7 Å². The highest BCUT2D eigenvalue weighted by molar-refractivity contribution is 5.81. The number of carbonyl (C=O) groups excluding carboxylic acids is 1. The van der Waals surface area contributed by atoms with Gasteiger partial charge in [0.15, 0.2) is 6.10 Å². The van der Waals surface area contributed by atoms with E-state index in [1.807, 2.05) is 0 Å². The molecule has 1 saturated heterocycles. The van der Waals surface area contributed by atoms with Crippen LogP contribution in [-0.2, 0) is 4.79 Å². The number of piperazine rings is 1. The predicted molar refractivity (Wildman–Crippen MR) is 77.4 cm³/mol. The Labute approximate surface area is 123 Å². The molecule has 0 spiro atoms. The van der Waals surface area contributed by atoms with Crippen molar-refractivity contribution in [1.29, 1.82) is 0 Å². The molecule has 1 aliphatic heterocycles. The second-order valence-corrected chi connectivity index (χ2v) is 4.99. The maximum Gasteiger partial charge on any atom is 0.276 e. The van der Waals surface area contributed by atoms with Gasteiger partial charge in [-0.1, -0.05) is 6.07 Å². The Kier molecular flexibility index (Phi) is 4.74. The molecule has 114 valence electrons. The zero-order valence-electron chi connectivity index (χ0n) is 12.2. The molecule has 1 N–H and O–H groups in total. The van der Waals surface area contributed by atoms with Crippen LogP contribution in [0.3, 0.4) is 0 Å². The lowest BCUT2D eigenvalue weighted by Gasteiger charge is -2.30. The van der Waals surface area contributed by atoms with E-state index in [-0.39, 0.29) is 11.6 Å². The summed E-state index contributed by atoms with van der Waals surface area (Å²) in [5, 5.41) is 14.1. The van der Waals surface area contributed by atoms with E-state index < -0.39 is 11.0 Å². The van der Waals surface area contributed by atoms with Crippen molar-refractivity contribution < 1.29 is 14.5 Å². The summed E-state index contributed by atoms with van der Waals surface area (Å²) in [5.41, 5.74) is 0.428. The number of hydrogen-bond acceptors (Lipinski definition) is 5. The van der Waals surface area contributed by atoms with E-state index in [4.69, 9.17) is 4.74 Å². The van der Waals surface area contributed by atoms with Gasteiger partial charge in [0.05, 0.1) is 10.5 Å².